The Morgan fingerprint density at radius 2 is 1.72 bits per heavy atom. The lowest BCUT2D eigenvalue weighted by atomic mass is 10.1. The molecule has 4 heteroatoms. The summed E-state index contributed by atoms with van der Waals surface area (Å²) >= 11 is 1.22. The fraction of sp³-hybridized carbons (Fsp3) is 0.143. The van der Waals surface area contributed by atoms with E-state index < -0.39 is 6.10 Å². The molecule has 0 heterocycles. The van der Waals surface area contributed by atoms with E-state index >= 15 is 0 Å². The van der Waals surface area contributed by atoms with Crippen LogP contribution < -0.4 is 0 Å². The van der Waals surface area contributed by atoms with Gasteiger partial charge in [0.05, 0.1) is 6.10 Å². The maximum atomic E-state index is 13.8. The fourth-order valence-electron chi connectivity index (χ4n) is 1.49. The summed E-state index contributed by atoms with van der Waals surface area (Å²) in [6, 6.07) is 10.5. The number of aliphatic hydroxyl groups excluding tert-OH is 1. The molecule has 2 rings (SSSR count). The van der Waals surface area contributed by atoms with Crippen molar-refractivity contribution in [2.75, 3.05) is 0 Å². The van der Waals surface area contributed by atoms with Gasteiger partial charge in [0.1, 0.15) is 11.6 Å². The lowest BCUT2D eigenvalue weighted by Gasteiger charge is -2.08. The van der Waals surface area contributed by atoms with Crippen molar-refractivity contribution in [1.82, 2.24) is 0 Å². The van der Waals surface area contributed by atoms with Crippen LogP contribution in [0.2, 0.25) is 0 Å². The van der Waals surface area contributed by atoms with E-state index in [4.69, 9.17) is 0 Å². The molecule has 0 spiro atoms. The Bertz CT molecular complexity index is 538. The molecule has 0 saturated carbocycles. The van der Waals surface area contributed by atoms with Crippen molar-refractivity contribution in [1.29, 1.82) is 0 Å². The zero-order valence-corrected chi connectivity index (χ0v) is 10.5. The van der Waals surface area contributed by atoms with E-state index in [1.807, 2.05) is 0 Å². The second-order valence-electron chi connectivity index (χ2n) is 3.92. The van der Waals surface area contributed by atoms with Gasteiger partial charge in [0.25, 0.3) is 0 Å². The van der Waals surface area contributed by atoms with Crippen LogP contribution in [0.1, 0.15) is 18.6 Å². The van der Waals surface area contributed by atoms with Crippen LogP contribution in [-0.4, -0.2) is 5.11 Å². The SMILES string of the molecule is C[C@H](O)c1ccc(Sc2ccc(F)cc2)c(F)c1. The van der Waals surface area contributed by atoms with Crippen LogP contribution in [0.4, 0.5) is 8.78 Å². The molecule has 0 saturated heterocycles. The monoisotopic (exact) mass is 266 g/mol. The van der Waals surface area contributed by atoms with Gasteiger partial charge in [-0.1, -0.05) is 17.8 Å². The van der Waals surface area contributed by atoms with Gasteiger partial charge in [-0.3, -0.25) is 0 Å². The van der Waals surface area contributed by atoms with Crippen LogP contribution in [0.25, 0.3) is 0 Å². The third-order valence-corrected chi connectivity index (χ3v) is 3.54. The highest BCUT2D eigenvalue weighted by Crippen LogP contribution is 2.31. The van der Waals surface area contributed by atoms with Crippen molar-refractivity contribution in [3.8, 4) is 0 Å². The number of benzene rings is 2. The standard InChI is InChI=1S/C14H12F2OS/c1-9(17)10-2-7-14(13(16)8-10)18-12-5-3-11(15)4-6-12/h2-9,17H,1H3/t9-/m0/s1. The minimum Gasteiger partial charge on any atom is -0.389 e. The molecule has 1 N–H and O–H groups in total. The third kappa shape index (κ3) is 3.09. The molecule has 0 unspecified atom stereocenters. The predicted octanol–water partition coefficient (Wildman–Crippen LogP) is 4.17. The number of aliphatic hydroxyl groups is 1. The summed E-state index contributed by atoms with van der Waals surface area (Å²) in [5, 5.41) is 9.34. The Kier molecular flexibility index (Phi) is 3.99. The number of halogens is 2. The number of hydrogen-bond acceptors (Lipinski definition) is 2. The highest BCUT2D eigenvalue weighted by molar-refractivity contribution is 7.99. The molecule has 1 nitrogen and oxygen atoms in total. The molecular weight excluding hydrogens is 254 g/mol. The molecule has 0 aliphatic carbocycles. The fourth-order valence-corrected chi connectivity index (χ4v) is 2.31. The highest BCUT2D eigenvalue weighted by atomic mass is 32.2. The van der Waals surface area contributed by atoms with E-state index in [1.54, 1.807) is 31.2 Å². The zero-order chi connectivity index (χ0) is 13.1. The van der Waals surface area contributed by atoms with Gasteiger partial charge >= 0.3 is 0 Å². The van der Waals surface area contributed by atoms with E-state index in [0.717, 1.165) is 4.90 Å². The molecule has 1 atom stereocenters. The van der Waals surface area contributed by atoms with E-state index in [0.29, 0.717) is 10.5 Å². The molecule has 94 valence electrons. The molecule has 2 aromatic carbocycles. The molecular formula is C14H12F2OS. The first-order valence-corrected chi connectivity index (χ1v) is 6.29. The second kappa shape index (κ2) is 5.50. The van der Waals surface area contributed by atoms with Crippen molar-refractivity contribution >= 4 is 11.8 Å². The first-order chi connectivity index (χ1) is 8.56. The van der Waals surface area contributed by atoms with Crippen molar-refractivity contribution < 1.29 is 13.9 Å². The molecule has 0 bridgehead atoms. The van der Waals surface area contributed by atoms with Gasteiger partial charge in [0, 0.05) is 9.79 Å². The molecule has 0 aliphatic rings. The minimum absolute atomic E-state index is 0.315. The van der Waals surface area contributed by atoms with Crippen LogP contribution >= 0.6 is 11.8 Å². The molecule has 0 radical (unpaired) electrons. The lowest BCUT2D eigenvalue weighted by molar-refractivity contribution is 0.198. The molecule has 0 fully saturated rings. The Hall–Kier alpha value is -1.39. The molecule has 2 aromatic rings. The number of hydrogen-bond donors (Lipinski definition) is 1. The Morgan fingerprint density at radius 3 is 2.28 bits per heavy atom. The molecule has 18 heavy (non-hydrogen) atoms. The molecule has 0 aliphatic heterocycles. The van der Waals surface area contributed by atoms with Gasteiger partial charge < -0.3 is 5.11 Å². The summed E-state index contributed by atoms with van der Waals surface area (Å²) in [7, 11) is 0. The maximum Gasteiger partial charge on any atom is 0.137 e. The van der Waals surface area contributed by atoms with Gasteiger partial charge in [-0.15, -0.1) is 0 Å². The molecule has 0 aromatic heterocycles. The van der Waals surface area contributed by atoms with Crippen LogP contribution in [0.5, 0.6) is 0 Å². The predicted molar refractivity (Wildman–Crippen MR) is 67.6 cm³/mol. The summed E-state index contributed by atoms with van der Waals surface area (Å²) in [6.07, 6.45) is -0.690. The maximum absolute atomic E-state index is 13.8. The molecule has 0 amide bonds. The van der Waals surface area contributed by atoms with Crippen molar-refractivity contribution in [3.63, 3.8) is 0 Å². The average Bonchev–Trinajstić information content (AvgIpc) is 2.34. The normalized spacial score (nSPS) is 12.4. The first-order valence-electron chi connectivity index (χ1n) is 5.47. The average molecular weight is 266 g/mol. The van der Waals surface area contributed by atoms with Crippen molar-refractivity contribution in [2.45, 2.75) is 22.8 Å². The van der Waals surface area contributed by atoms with Crippen LogP contribution in [0.15, 0.2) is 52.3 Å². The summed E-state index contributed by atoms with van der Waals surface area (Å²) in [4.78, 5) is 1.21. The van der Waals surface area contributed by atoms with Gasteiger partial charge in [-0.2, -0.15) is 0 Å². The van der Waals surface area contributed by atoms with Gasteiger partial charge in [-0.05, 0) is 48.9 Å². The van der Waals surface area contributed by atoms with E-state index in [1.165, 1.54) is 30.0 Å². The second-order valence-corrected chi connectivity index (χ2v) is 5.04. The first kappa shape index (κ1) is 13.1. The largest absolute Gasteiger partial charge is 0.389 e. The zero-order valence-electron chi connectivity index (χ0n) is 9.73. The Labute approximate surface area is 108 Å². The van der Waals surface area contributed by atoms with Crippen LogP contribution in [-0.2, 0) is 0 Å². The lowest BCUT2D eigenvalue weighted by Crippen LogP contribution is -1.92. The van der Waals surface area contributed by atoms with Gasteiger partial charge in [-0.25, -0.2) is 8.78 Å². The minimum atomic E-state index is -0.690. The van der Waals surface area contributed by atoms with E-state index in [9.17, 15) is 13.9 Å². The smallest absolute Gasteiger partial charge is 0.137 e. The summed E-state index contributed by atoms with van der Waals surface area (Å²) in [6.45, 7) is 1.58. The highest BCUT2D eigenvalue weighted by Gasteiger charge is 2.08. The summed E-state index contributed by atoms with van der Waals surface area (Å²) in [5.41, 5.74) is 0.538. The summed E-state index contributed by atoms with van der Waals surface area (Å²) < 4.78 is 26.5. The number of rotatable bonds is 3. The summed E-state index contributed by atoms with van der Waals surface area (Å²) in [5.74, 6) is -0.702. The van der Waals surface area contributed by atoms with Crippen molar-refractivity contribution in [2.24, 2.45) is 0 Å². The quantitative estimate of drug-likeness (QED) is 0.899. The van der Waals surface area contributed by atoms with Gasteiger partial charge in [0.2, 0.25) is 0 Å². The Morgan fingerprint density at radius 1 is 1.06 bits per heavy atom. The topological polar surface area (TPSA) is 20.2 Å². The van der Waals surface area contributed by atoms with Crippen molar-refractivity contribution in [3.05, 3.63) is 59.7 Å². The van der Waals surface area contributed by atoms with Crippen LogP contribution in [0, 0.1) is 11.6 Å². The van der Waals surface area contributed by atoms with Crippen LogP contribution in [0.3, 0.4) is 0 Å². The van der Waals surface area contributed by atoms with E-state index in [2.05, 4.69) is 0 Å². The van der Waals surface area contributed by atoms with Gasteiger partial charge in [0.15, 0.2) is 0 Å². The Balaban J connectivity index is 2.22. The third-order valence-electron chi connectivity index (χ3n) is 2.48. The van der Waals surface area contributed by atoms with E-state index in [-0.39, 0.29) is 11.6 Å².